The van der Waals surface area contributed by atoms with Crippen LogP contribution in [0.3, 0.4) is 0 Å². The molecule has 0 aliphatic carbocycles. The zero-order valence-electron chi connectivity index (χ0n) is 23.2. The highest BCUT2D eigenvalue weighted by Crippen LogP contribution is 2.35. The van der Waals surface area contributed by atoms with E-state index in [2.05, 4.69) is 36.2 Å². The molecule has 3 aromatic carbocycles. The van der Waals surface area contributed by atoms with Crippen LogP contribution in [0.4, 0.5) is 24.5 Å². The summed E-state index contributed by atoms with van der Waals surface area (Å²) in [4.78, 5) is 46.1. The van der Waals surface area contributed by atoms with Crippen LogP contribution >= 0.6 is 11.3 Å². The zero-order valence-corrected chi connectivity index (χ0v) is 24.0. The van der Waals surface area contributed by atoms with Crippen LogP contribution in [-0.2, 0) is 21.2 Å². The molecule has 12 heteroatoms. The van der Waals surface area contributed by atoms with E-state index in [1.165, 1.54) is 21.5 Å². The highest BCUT2D eigenvalue weighted by atomic mass is 32.1. The lowest BCUT2D eigenvalue weighted by molar-refractivity contribution is -0.137. The first kappa shape index (κ1) is 28.3. The number of amides is 2. The maximum atomic E-state index is 13.7. The average Bonchev–Trinajstić information content (AvgIpc) is 3.59. The number of thiazole rings is 1. The molecule has 2 amide bonds. The highest BCUT2D eigenvalue weighted by Gasteiger charge is 2.36. The summed E-state index contributed by atoms with van der Waals surface area (Å²) in [7, 11) is 0. The summed E-state index contributed by atoms with van der Waals surface area (Å²) in [6.07, 6.45) is -4.57. The van der Waals surface area contributed by atoms with E-state index in [1.807, 2.05) is 24.3 Å². The summed E-state index contributed by atoms with van der Waals surface area (Å²) in [6, 6.07) is 18.7. The molecule has 5 aromatic rings. The summed E-state index contributed by atoms with van der Waals surface area (Å²) in [5.41, 5.74) is 1.36. The second-order valence-corrected chi connectivity index (χ2v) is 12.1. The molecule has 8 nitrogen and oxygen atoms in total. The van der Waals surface area contributed by atoms with Gasteiger partial charge in [-0.05, 0) is 35.2 Å². The summed E-state index contributed by atoms with van der Waals surface area (Å²) in [5, 5.41) is 6.83. The van der Waals surface area contributed by atoms with E-state index >= 15 is 0 Å². The van der Waals surface area contributed by atoms with Gasteiger partial charge < -0.3 is 5.32 Å². The fourth-order valence-corrected chi connectivity index (χ4v) is 5.90. The van der Waals surface area contributed by atoms with E-state index in [1.54, 1.807) is 24.3 Å². The Morgan fingerprint density at radius 1 is 0.930 bits per heavy atom. The van der Waals surface area contributed by atoms with Gasteiger partial charge in [0.25, 0.3) is 11.5 Å². The summed E-state index contributed by atoms with van der Waals surface area (Å²) in [5.74, 6) is -0.901. The van der Waals surface area contributed by atoms with Crippen LogP contribution in [0.5, 0.6) is 0 Å². The topological polar surface area (TPSA) is 96.7 Å². The van der Waals surface area contributed by atoms with Crippen LogP contribution < -0.4 is 20.3 Å². The highest BCUT2D eigenvalue weighted by molar-refractivity contribution is 7.15. The average molecular weight is 604 g/mol. The number of carbonyl (C=O) groups excluding carboxylic acids is 2. The minimum atomic E-state index is -4.57. The molecule has 0 atom stereocenters. The number of hydrogen-bond acceptors (Lipinski definition) is 6. The number of nitrogens with one attached hydrogen (secondary N) is 1. The Morgan fingerprint density at radius 3 is 2.33 bits per heavy atom. The molecule has 1 aliphatic heterocycles. The standard InChI is InChI=1S/C31H24F3N5O3S/c1-30(2,3)18-13-11-17(12-14-18)26-36-29-39(37-26)28(42)25(43-29)24-21-9-4-5-10-22(21)38(27(24)41)16-23(40)35-20-8-6-7-19(15-20)31(32,33)34/h4-15H,16H2,1-3H3,(H,35,40)/b25-24-. The van der Waals surface area contributed by atoms with E-state index in [-0.39, 0.29) is 21.2 Å². The van der Waals surface area contributed by atoms with E-state index in [9.17, 15) is 27.6 Å². The van der Waals surface area contributed by atoms with Gasteiger partial charge in [-0.15, -0.1) is 5.10 Å². The van der Waals surface area contributed by atoms with Crippen molar-refractivity contribution in [3.8, 4) is 11.4 Å². The van der Waals surface area contributed by atoms with Crippen LogP contribution in [0.1, 0.15) is 37.5 Å². The number of halogens is 3. The van der Waals surface area contributed by atoms with Crippen molar-refractivity contribution in [2.24, 2.45) is 0 Å². The predicted molar refractivity (Wildman–Crippen MR) is 158 cm³/mol. The number of hydrogen-bond donors (Lipinski definition) is 1. The van der Waals surface area contributed by atoms with Crippen molar-refractivity contribution >= 4 is 45.1 Å². The van der Waals surface area contributed by atoms with E-state index in [4.69, 9.17) is 0 Å². The molecular weight excluding hydrogens is 579 g/mol. The Morgan fingerprint density at radius 2 is 1.65 bits per heavy atom. The monoisotopic (exact) mass is 603 g/mol. The molecule has 1 N–H and O–H groups in total. The first-order valence-electron chi connectivity index (χ1n) is 13.2. The van der Waals surface area contributed by atoms with Gasteiger partial charge in [0.05, 0.1) is 16.8 Å². The van der Waals surface area contributed by atoms with Crippen molar-refractivity contribution in [3.05, 3.63) is 104 Å². The van der Waals surface area contributed by atoms with Gasteiger partial charge in [0.15, 0.2) is 5.82 Å². The molecule has 0 spiro atoms. The minimum absolute atomic E-state index is 0.0221. The molecule has 43 heavy (non-hydrogen) atoms. The van der Waals surface area contributed by atoms with Crippen LogP contribution in [0.25, 0.3) is 21.9 Å². The van der Waals surface area contributed by atoms with E-state index < -0.39 is 35.7 Å². The fraction of sp³-hybridized carbons (Fsp3) is 0.194. The molecule has 6 rings (SSSR count). The normalized spacial score (nSPS) is 14.8. The van der Waals surface area contributed by atoms with Crippen LogP contribution in [-0.4, -0.2) is 33.0 Å². The molecule has 0 fully saturated rings. The molecule has 0 saturated heterocycles. The smallest absolute Gasteiger partial charge is 0.325 e. The largest absolute Gasteiger partial charge is 0.416 e. The van der Waals surface area contributed by atoms with Crippen molar-refractivity contribution in [2.75, 3.05) is 16.8 Å². The Kier molecular flexibility index (Phi) is 6.68. The number of rotatable bonds is 4. The van der Waals surface area contributed by atoms with Crippen LogP contribution in [0.15, 0.2) is 77.6 Å². The Balaban J connectivity index is 1.32. The van der Waals surface area contributed by atoms with Crippen molar-refractivity contribution in [1.82, 2.24) is 14.6 Å². The minimum Gasteiger partial charge on any atom is -0.325 e. The van der Waals surface area contributed by atoms with Gasteiger partial charge in [-0.1, -0.05) is 80.6 Å². The molecule has 1 aliphatic rings. The van der Waals surface area contributed by atoms with Gasteiger partial charge in [-0.3, -0.25) is 19.3 Å². The predicted octanol–water partition coefficient (Wildman–Crippen LogP) is 5.04. The van der Waals surface area contributed by atoms with Gasteiger partial charge in [0.2, 0.25) is 10.9 Å². The van der Waals surface area contributed by atoms with Gasteiger partial charge in [-0.2, -0.15) is 22.7 Å². The van der Waals surface area contributed by atoms with Crippen molar-refractivity contribution < 1.29 is 22.8 Å². The van der Waals surface area contributed by atoms with Crippen molar-refractivity contribution in [1.29, 1.82) is 0 Å². The maximum Gasteiger partial charge on any atom is 0.416 e. The first-order chi connectivity index (χ1) is 20.3. The molecule has 3 heterocycles. The van der Waals surface area contributed by atoms with Gasteiger partial charge in [0.1, 0.15) is 11.1 Å². The van der Waals surface area contributed by atoms with Gasteiger partial charge >= 0.3 is 6.18 Å². The lowest BCUT2D eigenvalue weighted by Crippen LogP contribution is -2.37. The van der Waals surface area contributed by atoms with Crippen molar-refractivity contribution in [2.45, 2.75) is 32.4 Å². The quantitative estimate of drug-likeness (QED) is 0.311. The number of nitrogens with zero attached hydrogens (tertiary/aromatic N) is 4. The Bertz CT molecular complexity index is 2020. The molecule has 0 bridgehead atoms. The second kappa shape index (κ2) is 10.2. The number of aromatic nitrogens is 3. The third-order valence-corrected chi connectivity index (χ3v) is 8.12. The van der Waals surface area contributed by atoms with Crippen molar-refractivity contribution in [3.63, 3.8) is 0 Å². The second-order valence-electron chi connectivity index (χ2n) is 11.1. The number of fused-ring (bicyclic) bond motifs is 2. The lowest BCUT2D eigenvalue weighted by Gasteiger charge is -2.18. The summed E-state index contributed by atoms with van der Waals surface area (Å²) >= 11 is 1.02. The SMILES string of the molecule is CC(C)(C)c1ccc(-c2nc3s/c(=C4\C(=O)N(CC(=O)Nc5cccc(C(F)(F)F)c5)c5ccccc54)c(=O)n3n2)cc1. The zero-order chi connectivity index (χ0) is 30.7. The first-order valence-corrected chi connectivity index (χ1v) is 14.1. The molecule has 0 unspecified atom stereocenters. The Labute approximate surface area is 247 Å². The van der Waals surface area contributed by atoms with Gasteiger partial charge in [-0.25, -0.2) is 0 Å². The van der Waals surface area contributed by atoms with Gasteiger partial charge in [0, 0.05) is 16.8 Å². The molecule has 2 aromatic heterocycles. The third-order valence-electron chi connectivity index (χ3n) is 7.09. The van der Waals surface area contributed by atoms with E-state index in [0.717, 1.165) is 34.6 Å². The van der Waals surface area contributed by atoms with E-state index in [0.29, 0.717) is 22.0 Å². The number of carbonyl (C=O) groups is 2. The third kappa shape index (κ3) is 5.18. The summed E-state index contributed by atoms with van der Waals surface area (Å²) in [6.45, 7) is 5.87. The maximum absolute atomic E-state index is 13.7. The number of benzene rings is 3. The van der Waals surface area contributed by atoms with Crippen LogP contribution in [0.2, 0.25) is 0 Å². The number of anilines is 2. The number of para-hydroxylation sites is 1. The Hall–Kier alpha value is -4.84. The fourth-order valence-electron chi connectivity index (χ4n) is 4.90. The van der Waals surface area contributed by atoms with Crippen LogP contribution in [0, 0.1) is 0 Å². The number of alkyl halides is 3. The lowest BCUT2D eigenvalue weighted by atomic mass is 9.87. The molecule has 218 valence electrons. The molecular formula is C31H24F3N5O3S. The summed E-state index contributed by atoms with van der Waals surface area (Å²) < 4.78 is 40.6. The molecule has 0 radical (unpaired) electrons. The molecule has 0 saturated carbocycles.